The zero-order chi connectivity index (χ0) is 12.7. The molecule has 1 heterocycles. The summed E-state index contributed by atoms with van der Waals surface area (Å²) < 4.78 is 38.6. The molecule has 1 aromatic carbocycles. The molecule has 0 aliphatic carbocycles. The van der Waals surface area contributed by atoms with Crippen LogP contribution in [0, 0.1) is 0 Å². The second-order valence-electron chi connectivity index (χ2n) is 4.65. The Bertz CT molecular complexity index is 427. The Balaban J connectivity index is 2.40. The van der Waals surface area contributed by atoms with E-state index in [4.69, 9.17) is 15.2 Å². The maximum atomic E-state index is 14.0. The molecule has 2 N–H and O–H groups in total. The van der Waals surface area contributed by atoms with E-state index in [0.717, 1.165) is 0 Å². The van der Waals surface area contributed by atoms with Gasteiger partial charge in [0, 0.05) is 5.56 Å². The van der Waals surface area contributed by atoms with Gasteiger partial charge in [-0.1, -0.05) is 0 Å². The summed E-state index contributed by atoms with van der Waals surface area (Å²) in [6.07, 6.45) is 0. The highest BCUT2D eigenvalue weighted by molar-refractivity contribution is 5.45. The molecule has 17 heavy (non-hydrogen) atoms. The molecule has 3 nitrogen and oxygen atoms in total. The topological polar surface area (TPSA) is 44.5 Å². The Morgan fingerprint density at radius 2 is 1.71 bits per heavy atom. The molecular formula is C12H15F2NO2. The smallest absolute Gasteiger partial charge is 0.290 e. The quantitative estimate of drug-likeness (QED) is 0.866. The van der Waals surface area contributed by atoms with Gasteiger partial charge in [-0.15, -0.1) is 0 Å². The second kappa shape index (κ2) is 3.84. The number of hydrogen-bond acceptors (Lipinski definition) is 3. The minimum Gasteiger partial charge on any atom is -0.486 e. The van der Waals surface area contributed by atoms with Crippen LogP contribution in [0.4, 0.5) is 8.78 Å². The molecular weight excluding hydrogens is 228 g/mol. The molecule has 0 bridgehead atoms. The summed E-state index contributed by atoms with van der Waals surface area (Å²) in [5.41, 5.74) is 3.71. The third-order valence-corrected chi connectivity index (χ3v) is 2.71. The van der Waals surface area contributed by atoms with Crippen molar-refractivity contribution in [2.24, 2.45) is 5.73 Å². The first-order valence-corrected chi connectivity index (χ1v) is 5.39. The Morgan fingerprint density at radius 1 is 1.12 bits per heavy atom. The van der Waals surface area contributed by atoms with Crippen molar-refractivity contribution >= 4 is 0 Å². The van der Waals surface area contributed by atoms with Crippen LogP contribution in [-0.4, -0.2) is 18.8 Å². The van der Waals surface area contributed by atoms with Gasteiger partial charge in [-0.05, 0) is 32.0 Å². The molecule has 0 spiro atoms. The molecule has 0 radical (unpaired) electrons. The fourth-order valence-electron chi connectivity index (χ4n) is 1.61. The lowest BCUT2D eigenvalue weighted by Gasteiger charge is -2.31. The molecule has 0 saturated heterocycles. The van der Waals surface area contributed by atoms with Gasteiger partial charge >= 0.3 is 0 Å². The lowest BCUT2D eigenvalue weighted by Crippen LogP contribution is -2.48. The number of ether oxygens (including phenoxy) is 2. The summed E-state index contributed by atoms with van der Waals surface area (Å²) in [4.78, 5) is 0. The van der Waals surface area contributed by atoms with E-state index in [1.165, 1.54) is 32.0 Å². The highest BCUT2D eigenvalue weighted by atomic mass is 19.3. The highest BCUT2D eigenvalue weighted by Gasteiger charge is 2.45. The molecule has 0 saturated carbocycles. The lowest BCUT2D eigenvalue weighted by molar-refractivity contribution is -0.0675. The van der Waals surface area contributed by atoms with E-state index in [0.29, 0.717) is 24.7 Å². The molecule has 0 amide bonds. The lowest BCUT2D eigenvalue weighted by atomic mass is 9.91. The Kier molecular flexibility index (Phi) is 2.73. The van der Waals surface area contributed by atoms with Crippen LogP contribution in [0.3, 0.4) is 0 Å². The SMILES string of the molecule is CC(C)(N)C(F)(F)c1ccc2c(c1)OCCO2. The summed E-state index contributed by atoms with van der Waals surface area (Å²) in [6.45, 7) is 3.40. The van der Waals surface area contributed by atoms with Gasteiger partial charge in [0.05, 0.1) is 5.54 Å². The third kappa shape index (κ3) is 2.07. The summed E-state index contributed by atoms with van der Waals surface area (Å²) in [5, 5.41) is 0. The largest absolute Gasteiger partial charge is 0.486 e. The van der Waals surface area contributed by atoms with Gasteiger partial charge in [0.15, 0.2) is 11.5 Å². The normalized spacial score (nSPS) is 15.8. The average Bonchev–Trinajstić information content (AvgIpc) is 2.27. The molecule has 0 aromatic heterocycles. The Morgan fingerprint density at radius 3 is 2.29 bits per heavy atom. The zero-order valence-electron chi connectivity index (χ0n) is 9.80. The molecule has 5 heteroatoms. The maximum Gasteiger partial charge on any atom is 0.290 e. The molecule has 2 rings (SSSR count). The number of halogens is 2. The van der Waals surface area contributed by atoms with Crippen LogP contribution in [0.5, 0.6) is 11.5 Å². The fourth-order valence-corrected chi connectivity index (χ4v) is 1.61. The zero-order valence-corrected chi connectivity index (χ0v) is 9.80. The average molecular weight is 243 g/mol. The number of nitrogens with two attached hydrogens (primary N) is 1. The Labute approximate surface area is 98.5 Å². The van der Waals surface area contributed by atoms with Gasteiger partial charge in [0.2, 0.25) is 0 Å². The van der Waals surface area contributed by atoms with Gasteiger partial charge in [-0.2, -0.15) is 8.78 Å². The van der Waals surface area contributed by atoms with Crippen molar-refractivity contribution in [3.05, 3.63) is 23.8 Å². The molecule has 94 valence electrons. The molecule has 1 aromatic rings. The predicted octanol–water partition coefficient (Wildman–Crippen LogP) is 2.29. The minimum atomic E-state index is -3.12. The van der Waals surface area contributed by atoms with E-state index in [1.54, 1.807) is 0 Å². The van der Waals surface area contributed by atoms with E-state index >= 15 is 0 Å². The molecule has 1 aliphatic heterocycles. The van der Waals surface area contributed by atoms with Crippen molar-refractivity contribution in [2.45, 2.75) is 25.3 Å². The molecule has 1 aliphatic rings. The second-order valence-corrected chi connectivity index (χ2v) is 4.65. The summed E-state index contributed by atoms with van der Waals surface area (Å²) in [5.74, 6) is -2.29. The van der Waals surface area contributed by atoms with Crippen LogP contribution < -0.4 is 15.2 Å². The first kappa shape index (κ1) is 12.1. The number of hydrogen-bond donors (Lipinski definition) is 1. The van der Waals surface area contributed by atoms with Crippen molar-refractivity contribution in [2.75, 3.05) is 13.2 Å². The number of alkyl halides is 2. The molecule has 0 atom stereocenters. The van der Waals surface area contributed by atoms with E-state index in [2.05, 4.69) is 0 Å². The Hall–Kier alpha value is -1.36. The number of benzene rings is 1. The fraction of sp³-hybridized carbons (Fsp3) is 0.500. The van der Waals surface area contributed by atoms with Crippen molar-refractivity contribution in [3.63, 3.8) is 0 Å². The van der Waals surface area contributed by atoms with E-state index in [-0.39, 0.29) is 5.56 Å². The van der Waals surface area contributed by atoms with Crippen molar-refractivity contribution in [3.8, 4) is 11.5 Å². The van der Waals surface area contributed by atoms with Crippen LogP contribution >= 0.6 is 0 Å². The summed E-state index contributed by atoms with van der Waals surface area (Å²) in [6, 6.07) is 4.11. The van der Waals surface area contributed by atoms with Gasteiger partial charge in [0.25, 0.3) is 5.92 Å². The van der Waals surface area contributed by atoms with Gasteiger partial charge in [-0.3, -0.25) is 0 Å². The maximum absolute atomic E-state index is 14.0. The predicted molar refractivity (Wildman–Crippen MR) is 59.6 cm³/mol. The van der Waals surface area contributed by atoms with Crippen LogP contribution in [-0.2, 0) is 5.92 Å². The summed E-state index contributed by atoms with van der Waals surface area (Å²) >= 11 is 0. The van der Waals surface area contributed by atoms with Crippen molar-refractivity contribution in [1.82, 2.24) is 0 Å². The van der Waals surface area contributed by atoms with Crippen LogP contribution in [0.25, 0.3) is 0 Å². The number of rotatable bonds is 2. The third-order valence-electron chi connectivity index (χ3n) is 2.71. The van der Waals surface area contributed by atoms with Gasteiger partial charge in [0.1, 0.15) is 13.2 Å². The van der Waals surface area contributed by atoms with Crippen LogP contribution in [0.15, 0.2) is 18.2 Å². The molecule has 0 fully saturated rings. The monoisotopic (exact) mass is 243 g/mol. The standard InChI is InChI=1S/C12H15F2NO2/c1-11(2,15)12(13,14)8-3-4-9-10(7-8)17-6-5-16-9/h3-4,7H,5-6,15H2,1-2H3. The number of fused-ring (bicyclic) bond motifs is 1. The van der Waals surface area contributed by atoms with Crippen molar-refractivity contribution in [1.29, 1.82) is 0 Å². The highest BCUT2D eigenvalue weighted by Crippen LogP contribution is 2.41. The van der Waals surface area contributed by atoms with E-state index in [1.807, 2.05) is 0 Å². The van der Waals surface area contributed by atoms with Gasteiger partial charge in [-0.25, -0.2) is 0 Å². The van der Waals surface area contributed by atoms with E-state index in [9.17, 15) is 8.78 Å². The van der Waals surface area contributed by atoms with Crippen molar-refractivity contribution < 1.29 is 18.3 Å². The first-order valence-electron chi connectivity index (χ1n) is 5.39. The van der Waals surface area contributed by atoms with Gasteiger partial charge < -0.3 is 15.2 Å². The first-order chi connectivity index (χ1) is 7.82. The van der Waals surface area contributed by atoms with E-state index < -0.39 is 11.5 Å². The van der Waals surface area contributed by atoms with Crippen LogP contribution in [0.1, 0.15) is 19.4 Å². The summed E-state index contributed by atoms with van der Waals surface area (Å²) in [7, 11) is 0. The minimum absolute atomic E-state index is 0.158. The van der Waals surface area contributed by atoms with Crippen LogP contribution in [0.2, 0.25) is 0 Å². The molecule has 0 unspecified atom stereocenters.